The van der Waals surface area contributed by atoms with Crippen molar-refractivity contribution in [1.82, 2.24) is 9.55 Å². The Morgan fingerprint density at radius 2 is 2.06 bits per heavy atom. The summed E-state index contributed by atoms with van der Waals surface area (Å²) in [6, 6.07) is 6.86. The van der Waals surface area contributed by atoms with Gasteiger partial charge in [0.05, 0.1) is 10.7 Å². The summed E-state index contributed by atoms with van der Waals surface area (Å²) < 4.78 is 1.40. The van der Waals surface area contributed by atoms with Crippen molar-refractivity contribution in [2.75, 3.05) is 0 Å². The quantitative estimate of drug-likeness (QED) is 0.878. The maximum absolute atomic E-state index is 11.2. The number of aromatic nitrogens is 2. The van der Waals surface area contributed by atoms with Gasteiger partial charge in [0.25, 0.3) is 5.56 Å². The zero-order valence-corrected chi connectivity index (χ0v) is 9.26. The van der Waals surface area contributed by atoms with E-state index in [2.05, 4.69) is 4.98 Å². The smallest absolute Gasteiger partial charge is 0.342 e. The fourth-order valence-corrected chi connectivity index (χ4v) is 1.58. The minimum atomic E-state index is -1.32. The van der Waals surface area contributed by atoms with Crippen molar-refractivity contribution in [2.45, 2.75) is 0 Å². The molecule has 0 saturated heterocycles. The normalized spacial score (nSPS) is 10.2. The van der Waals surface area contributed by atoms with Crippen molar-refractivity contribution in [1.29, 1.82) is 0 Å². The van der Waals surface area contributed by atoms with E-state index in [1.807, 2.05) is 0 Å². The van der Waals surface area contributed by atoms with Crippen molar-refractivity contribution >= 4 is 17.6 Å². The molecular weight excluding hydrogens is 244 g/mol. The summed E-state index contributed by atoms with van der Waals surface area (Å²) in [4.78, 5) is 25.5. The van der Waals surface area contributed by atoms with Crippen LogP contribution in [0.2, 0.25) is 5.02 Å². The third kappa shape index (κ3) is 2.19. The molecule has 0 atom stereocenters. The number of benzene rings is 1. The van der Waals surface area contributed by atoms with Crippen LogP contribution in [0.5, 0.6) is 0 Å². The molecule has 0 fully saturated rings. The molecule has 0 spiro atoms. The van der Waals surface area contributed by atoms with Crippen LogP contribution in [0, 0.1) is 0 Å². The number of carbonyl (C=O) groups is 1. The standard InChI is InChI=1S/C11H7ClN2O3/c12-8-3-1-2-4-9(8)14-5-7(11(16)17)10(15)13-6-14/h1-6H,(H,16,17). The lowest BCUT2D eigenvalue weighted by Crippen LogP contribution is -2.19. The number of para-hydroxylation sites is 1. The highest BCUT2D eigenvalue weighted by Gasteiger charge is 2.11. The van der Waals surface area contributed by atoms with E-state index in [-0.39, 0.29) is 0 Å². The Kier molecular flexibility index (Phi) is 2.93. The van der Waals surface area contributed by atoms with Crippen LogP contribution < -0.4 is 5.56 Å². The molecule has 6 heteroatoms. The van der Waals surface area contributed by atoms with Gasteiger partial charge in [0.15, 0.2) is 0 Å². The number of halogens is 1. The SMILES string of the molecule is O=C(O)c1cn(-c2ccccc2Cl)cnc1=O. The van der Waals surface area contributed by atoms with Gasteiger partial charge in [-0.25, -0.2) is 4.79 Å². The van der Waals surface area contributed by atoms with Crippen molar-refractivity contribution in [3.8, 4) is 5.69 Å². The van der Waals surface area contributed by atoms with E-state index in [1.165, 1.54) is 17.1 Å². The molecule has 0 aliphatic rings. The lowest BCUT2D eigenvalue weighted by atomic mass is 10.3. The summed E-state index contributed by atoms with van der Waals surface area (Å²) in [6.45, 7) is 0. The van der Waals surface area contributed by atoms with Gasteiger partial charge >= 0.3 is 5.97 Å². The number of rotatable bonds is 2. The molecule has 0 amide bonds. The molecule has 0 bridgehead atoms. The van der Waals surface area contributed by atoms with Gasteiger partial charge in [-0.1, -0.05) is 23.7 Å². The molecule has 0 radical (unpaired) electrons. The van der Waals surface area contributed by atoms with Crippen molar-refractivity contribution in [3.63, 3.8) is 0 Å². The van der Waals surface area contributed by atoms with Crippen LogP contribution >= 0.6 is 11.6 Å². The van der Waals surface area contributed by atoms with E-state index in [0.717, 1.165) is 0 Å². The lowest BCUT2D eigenvalue weighted by molar-refractivity contribution is 0.0694. The van der Waals surface area contributed by atoms with Gasteiger partial charge in [-0.15, -0.1) is 0 Å². The maximum atomic E-state index is 11.2. The first-order valence-corrected chi connectivity index (χ1v) is 5.04. The molecule has 0 unspecified atom stereocenters. The highest BCUT2D eigenvalue weighted by molar-refractivity contribution is 6.32. The molecule has 1 N–H and O–H groups in total. The Balaban J connectivity index is 2.62. The molecule has 1 aromatic heterocycles. The van der Waals surface area contributed by atoms with Crippen LogP contribution in [0.3, 0.4) is 0 Å². The summed E-state index contributed by atoms with van der Waals surface area (Å²) >= 11 is 5.96. The summed E-state index contributed by atoms with van der Waals surface area (Å²) in [5.41, 5.74) is -0.614. The minimum Gasteiger partial charge on any atom is -0.477 e. The Hall–Kier alpha value is -2.14. The predicted octanol–water partition coefficient (Wildman–Crippen LogP) is 1.58. The number of carboxylic acids is 1. The van der Waals surface area contributed by atoms with Crippen LogP contribution in [0.25, 0.3) is 5.69 Å². The summed E-state index contributed by atoms with van der Waals surface area (Å²) in [5, 5.41) is 9.26. The van der Waals surface area contributed by atoms with E-state index in [4.69, 9.17) is 16.7 Å². The molecule has 86 valence electrons. The van der Waals surface area contributed by atoms with Gasteiger partial charge in [0, 0.05) is 6.20 Å². The molecule has 1 aromatic carbocycles. The van der Waals surface area contributed by atoms with Crippen LogP contribution in [-0.4, -0.2) is 20.6 Å². The van der Waals surface area contributed by atoms with Gasteiger partial charge in [0.1, 0.15) is 11.9 Å². The lowest BCUT2D eigenvalue weighted by Gasteiger charge is -2.07. The number of carboxylic acid groups (broad SMARTS) is 1. The topological polar surface area (TPSA) is 72.2 Å². The Bertz CT molecular complexity index is 637. The molecule has 5 nitrogen and oxygen atoms in total. The Labute approximate surface area is 101 Å². The van der Waals surface area contributed by atoms with Crippen molar-refractivity contribution < 1.29 is 9.90 Å². The molecule has 2 rings (SSSR count). The van der Waals surface area contributed by atoms with Gasteiger partial charge in [-0.3, -0.25) is 4.79 Å². The third-order valence-corrected chi connectivity index (χ3v) is 2.48. The second-order valence-corrected chi connectivity index (χ2v) is 3.66. The Morgan fingerprint density at radius 1 is 1.35 bits per heavy atom. The zero-order chi connectivity index (χ0) is 12.4. The van der Waals surface area contributed by atoms with Crippen LogP contribution in [0.1, 0.15) is 10.4 Å². The number of aromatic carboxylic acids is 1. The maximum Gasteiger partial charge on any atom is 0.342 e. The van der Waals surface area contributed by atoms with E-state index in [9.17, 15) is 9.59 Å². The number of nitrogens with zero attached hydrogens (tertiary/aromatic N) is 2. The average molecular weight is 251 g/mol. The van der Waals surface area contributed by atoms with Crippen LogP contribution in [0.15, 0.2) is 41.6 Å². The van der Waals surface area contributed by atoms with Gasteiger partial charge in [-0.05, 0) is 12.1 Å². The second-order valence-electron chi connectivity index (χ2n) is 3.26. The largest absolute Gasteiger partial charge is 0.477 e. The highest BCUT2D eigenvalue weighted by Crippen LogP contribution is 2.18. The molecule has 1 heterocycles. The first-order valence-electron chi connectivity index (χ1n) is 4.66. The van der Waals surface area contributed by atoms with Gasteiger partial charge in [0.2, 0.25) is 0 Å². The fourth-order valence-electron chi connectivity index (χ4n) is 1.35. The second kappa shape index (κ2) is 4.39. The van der Waals surface area contributed by atoms with E-state index in [0.29, 0.717) is 10.7 Å². The third-order valence-electron chi connectivity index (χ3n) is 2.16. The minimum absolute atomic E-state index is 0.396. The number of hydrogen-bond donors (Lipinski definition) is 1. The highest BCUT2D eigenvalue weighted by atomic mass is 35.5. The summed E-state index contributed by atoms with van der Waals surface area (Å²) in [5.74, 6) is -1.32. The van der Waals surface area contributed by atoms with Crippen LogP contribution in [-0.2, 0) is 0 Å². The first kappa shape index (κ1) is 11.3. The van der Waals surface area contributed by atoms with Crippen molar-refractivity contribution in [3.05, 3.63) is 57.7 Å². The van der Waals surface area contributed by atoms with E-state index in [1.54, 1.807) is 24.3 Å². The van der Waals surface area contributed by atoms with E-state index < -0.39 is 17.1 Å². The fraction of sp³-hybridized carbons (Fsp3) is 0. The molecule has 0 aliphatic carbocycles. The van der Waals surface area contributed by atoms with E-state index >= 15 is 0 Å². The van der Waals surface area contributed by atoms with Crippen LogP contribution in [0.4, 0.5) is 0 Å². The molecule has 2 aromatic rings. The van der Waals surface area contributed by atoms with Crippen molar-refractivity contribution in [2.24, 2.45) is 0 Å². The molecule has 0 aliphatic heterocycles. The number of hydrogen-bond acceptors (Lipinski definition) is 3. The van der Waals surface area contributed by atoms with Gasteiger partial charge in [-0.2, -0.15) is 4.98 Å². The first-order chi connectivity index (χ1) is 8.09. The summed E-state index contributed by atoms with van der Waals surface area (Å²) in [6.07, 6.45) is 2.43. The predicted molar refractivity (Wildman–Crippen MR) is 61.8 cm³/mol. The Morgan fingerprint density at radius 3 is 2.71 bits per heavy atom. The average Bonchev–Trinajstić information content (AvgIpc) is 2.30. The van der Waals surface area contributed by atoms with Gasteiger partial charge < -0.3 is 9.67 Å². The summed E-state index contributed by atoms with van der Waals surface area (Å²) in [7, 11) is 0. The monoisotopic (exact) mass is 250 g/mol. The molecule has 0 saturated carbocycles. The molecule has 17 heavy (non-hydrogen) atoms. The molecular formula is C11H7ClN2O3. The zero-order valence-electron chi connectivity index (χ0n) is 8.50.